The molecule has 0 unspecified atom stereocenters. The van der Waals surface area contributed by atoms with Gasteiger partial charge in [-0.15, -0.1) is 0 Å². The number of hydrogen-bond donors (Lipinski definition) is 2. The predicted molar refractivity (Wildman–Crippen MR) is 99.8 cm³/mol. The van der Waals surface area contributed by atoms with Crippen LogP contribution in [-0.2, 0) is 0 Å². The fourth-order valence-corrected chi connectivity index (χ4v) is 3.47. The molecule has 1 aromatic heterocycles. The van der Waals surface area contributed by atoms with Crippen molar-refractivity contribution in [2.75, 3.05) is 0 Å². The van der Waals surface area contributed by atoms with Crippen LogP contribution in [-0.4, -0.2) is 17.2 Å². The van der Waals surface area contributed by atoms with Gasteiger partial charge in [0.05, 0.1) is 14.3 Å². The third-order valence-electron chi connectivity index (χ3n) is 3.07. The Morgan fingerprint density at radius 2 is 2.09 bits per heavy atom. The van der Waals surface area contributed by atoms with E-state index in [2.05, 4.69) is 26.5 Å². The highest BCUT2D eigenvalue weighted by atomic mass is 127. The molecule has 0 saturated carbocycles. The SMILES string of the molecule is O=C(N/N=C/c1cc(Br)c(O)c(I)c1)c1cc2ccccc2o1. The van der Waals surface area contributed by atoms with Crippen LogP contribution in [0.25, 0.3) is 11.0 Å². The van der Waals surface area contributed by atoms with Gasteiger partial charge < -0.3 is 9.52 Å². The maximum Gasteiger partial charge on any atom is 0.307 e. The lowest BCUT2D eigenvalue weighted by Gasteiger charge is -2.02. The normalized spacial score (nSPS) is 11.2. The minimum atomic E-state index is -0.426. The number of carbonyl (C=O) groups excluding carboxylic acids is 1. The number of hydrogen-bond acceptors (Lipinski definition) is 4. The molecule has 5 nitrogen and oxygen atoms in total. The smallest absolute Gasteiger partial charge is 0.307 e. The van der Waals surface area contributed by atoms with Crippen molar-refractivity contribution in [3.8, 4) is 5.75 Å². The van der Waals surface area contributed by atoms with Gasteiger partial charge in [-0.2, -0.15) is 5.10 Å². The van der Waals surface area contributed by atoms with Gasteiger partial charge in [0.2, 0.25) is 0 Å². The van der Waals surface area contributed by atoms with Crippen LogP contribution in [0.4, 0.5) is 0 Å². The van der Waals surface area contributed by atoms with Crippen molar-refractivity contribution in [2.24, 2.45) is 5.10 Å². The molecule has 0 atom stereocenters. The van der Waals surface area contributed by atoms with Crippen LogP contribution in [0.2, 0.25) is 0 Å². The van der Waals surface area contributed by atoms with Crippen molar-refractivity contribution in [3.63, 3.8) is 0 Å². The molecule has 0 spiro atoms. The first kappa shape index (κ1) is 16.0. The second-order valence-electron chi connectivity index (χ2n) is 4.68. The van der Waals surface area contributed by atoms with Gasteiger partial charge in [0.1, 0.15) is 11.3 Å². The number of nitrogens with zero attached hydrogens (tertiary/aromatic N) is 1. The number of amides is 1. The van der Waals surface area contributed by atoms with Crippen LogP contribution >= 0.6 is 38.5 Å². The van der Waals surface area contributed by atoms with Crippen LogP contribution in [0.15, 0.2) is 56.5 Å². The van der Waals surface area contributed by atoms with Crippen LogP contribution in [0.5, 0.6) is 5.75 Å². The number of aromatic hydroxyl groups is 1. The molecule has 7 heteroatoms. The lowest BCUT2D eigenvalue weighted by molar-refractivity contribution is 0.0929. The van der Waals surface area contributed by atoms with Gasteiger partial charge in [0.15, 0.2) is 5.76 Å². The molecule has 3 aromatic rings. The summed E-state index contributed by atoms with van der Waals surface area (Å²) in [5, 5.41) is 14.5. The maximum atomic E-state index is 12.0. The van der Waals surface area contributed by atoms with Gasteiger partial charge >= 0.3 is 5.91 Å². The van der Waals surface area contributed by atoms with Crippen molar-refractivity contribution in [1.29, 1.82) is 0 Å². The lowest BCUT2D eigenvalue weighted by Crippen LogP contribution is -2.16. The van der Waals surface area contributed by atoms with Crippen molar-refractivity contribution in [3.05, 3.63) is 61.8 Å². The minimum Gasteiger partial charge on any atom is -0.506 e. The summed E-state index contributed by atoms with van der Waals surface area (Å²) in [6.07, 6.45) is 1.49. The van der Waals surface area contributed by atoms with E-state index in [1.807, 2.05) is 40.8 Å². The zero-order chi connectivity index (χ0) is 16.4. The first-order chi connectivity index (χ1) is 11.0. The Balaban J connectivity index is 1.73. The highest BCUT2D eigenvalue weighted by Gasteiger charge is 2.11. The number of halogens is 2. The van der Waals surface area contributed by atoms with Gasteiger partial charge in [0.25, 0.3) is 0 Å². The van der Waals surface area contributed by atoms with Gasteiger partial charge in [-0.25, -0.2) is 5.43 Å². The highest BCUT2D eigenvalue weighted by molar-refractivity contribution is 14.1. The molecule has 0 fully saturated rings. The van der Waals surface area contributed by atoms with E-state index in [9.17, 15) is 9.90 Å². The predicted octanol–water partition coefficient (Wildman–Crippen LogP) is 4.27. The summed E-state index contributed by atoms with van der Waals surface area (Å²) in [7, 11) is 0. The van der Waals surface area contributed by atoms with Gasteiger partial charge in [-0.1, -0.05) is 18.2 Å². The summed E-state index contributed by atoms with van der Waals surface area (Å²) >= 11 is 5.27. The molecule has 0 bridgehead atoms. The summed E-state index contributed by atoms with van der Waals surface area (Å²) in [4.78, 5) is 12.0. The van der Waals surface area contributed by atoms with Crippen LogP contribution in [0.1, 0.15) is 16.1 Å². The Morgan fingerprint density at radius 1 is 1.30 bits per heavy atom. The standard InChI is InChI=1S/C16H10BrIN2O3/c17-11-5-9(6-12(18)15(11)21)8-19-20-16(22)14-7-10-3-1-2-4-13(10)23-14/h1-8,21H,(H,20,22)/b19-8+. The second kappa shape index (κ2) is 6.71. The topological polar surface area (TPSA) is 74.8 Å². The summed E-state index contributed by atoms with van der Waals surface area (Å²) in [5.74, 6) is -0.0520. The molecule has 0 aliphatic rings. The quantitative estimate of drug-likeness (QED) is 0.331. The van der Waals surface area contributed by atoms with Gasteiger partial charge in [0, 0.05) is 5.39 Å². The zero-order valence-electron chi connectivity index (χ0n) is 11.6. The van der Waals surface area contributed by atoms with E-state index in [1.165, 1.54) is 6.21 Å². The molecule has 3 rings (SSSR count). The molecule has 1 heterocycles. The molecular formula is C16H10BrIN2O3. The first-order valence-electron chi connectivity index (χ1n) is 6.54. The average molecular weight is 485 g/mol. The number of phenols is 1. The monoisotopic (exact) mass is 484 g/mol. The van der Waals surface area contributed by atoms with Crippen molar-refractivity contribution >= 4 is 61.6 Å². The fraction of sp³-hybridized carbons (Fsp3) is 0. The molecule has 1 amide bonds. The molecule has 0 aliphatic carbocycles. The number of nitrogens with one attached hydrogen (secondary N) is 1. The van der Waals surface area contributed by atoms with E-state index in [1.54, 1.807) is 24.3 Å². The number of benzene rings is 2. The fourth-order valence-electron chi connectivity index (χ4n) is 1.97. The summed E-state index contributed by atoms with van der Waals surface area (Å²) in [6, 6.07) is 12.5. The summed E-state index contributed by atoms with van der Waals surface area (Å²) in [6.45, 7) is 0. The summed E-state index contributed by atoms with van der Waals surface area (Å²) in [5.41, 5.74) is 3.81. The van der Waals surface area contributed by atoms with E-state index in [0.29, 0.717) is 13.6 Å². The van der Waals surface area contributed by atoms with E-state index < -0.39 is 5.91 Å². The van der Waals surface area contributed by atoms with Crippen molar-refractivity contribution < 1.29 is 14.3 Å². The van der Waals surface area contributed by atoms with Crippen molar-refractivity contribution in [1.82, 2.24) is 5.43 Å². The number of furan rings is 1. The number of phenolic OH excluding ortho intramolecular Hbond substituents is 1. The number of fused-ring (bicyclic) bond motifs is 1. The maximum absolute atomic E-state index is 12.0. The Hall–Kier alpha value is -1.87. The Morgan fingerprint density at radius 3 is 2.83 bits per heavy atom. The minimum absolute atomic E-state index is 0.175. The van der Waals surface area contributed by atoms with Crippen LogP contribution in [0.3, 0.4) is 0 Å². The molecule has 2 N–H and O–H groups in total. The molecule has 23 heavy (non-hydrogen) atoms. The largest absolute Gasteiger partial charge is 0.506 e. The van der Waals surface area contributed by atoms with E-state index >= 15 is 0 Å². The third-order valence-corrected chi connectivity index (χ3v) is 4.50. The zero-order valence-corrected chi connectivity index (χ0v) is 15.3. The molecule has 116 valence electrons. The van der Waals surface area contributed by atoms with Gasteiger partial charge in [-0.3, -0.25) is 4.79 Å². The third kappa shape index (κ3) is 3.56. The molecule has 0 aliphatic heterocycles. The van der Waals surface area contributed by atoms with Crippen LogP contribution in [0, 0.1) is 3.57 Å². The Labute approximate surface area is 153 Å². The number of hydrazone groups is 1. The Kier molecular flexibility index (Phi) is 4.67. The highest BCUT2D eigenvalue weighted by Crippen LogP contribution is 2.29. The lowest BCUT2D eigenvalue weighted by atomic mass is 10.2. The molecular weight excluding hydrogens is 475 g/mol. The summed E-state index contributed by atoms with van der Waals surface area (Å²) < 4.78 is 6.71. The second-order valence-corrected chi connectivity index (χ2v) is 6.70. The van der Waals surface area contributed by atoms with E-state index in [4.69, 9.17) is 4.42 Å². The molecule has 2 aromatic carbocycles. The first-order valence-corrected chi connectivity index (χ1v) is 8.42. The number of carbonyl (C=O) groups is 1. The average Bonchev–Trinajstić information content (AvgIpc) is 2.96. The van der Waals surface area contributed by atoms with E-state index in [0.717, 1.165) is 10.9 Å². The molecule has 0 saturated heterocycles. The number of rotatable bonds is 3. The molecule has 0 radical (unpaired) electrons. The van der Waals surface area contributed by atoms with Gasteiger partial charge in [-0.05, 0) is 68.3 Å². The number of para-hydroxylation sites is 1. The van der Waals surface area contributed by atoms with Crippen LogP contribution < -0.4 is 5.43 Å². The van der Waals surface area contributed by atoms with E-state index in [-0.39, 0.29) is 11.5 Å². The van der Waals surface area contributed by atoms with Crippen molar-refractivity contribution in [2.45, 2.75) is 0 Å². The Bertz CT molecular complexity index is 865.